The Balaban J connectivity index is 0.000000151. The van der Waals surface area contributed by atoms with Gasteiger partial charge in [-0.1, -0.05) is 79.9 Å². The van der Waals surface area contributed by atoms with Crippen LogP contribution >= 0.6 is 0 Å². The average molecular weight is 345 g/mol. The van der Waals surface area contributed by atoms with Crippen molar-refractivity contribution in [1.29, 1.82) is 0 Å². The molecule has 0 unspecified atom stereocenters. The van der Waals surface area contributed by atoms with Crippen molar-refractivity contribution >= 4 is 11.4 Å². The van der Waals surface area contributed by atoms with Crippen LogP contribution in [-0.2, 0) is 0 Å². The van der Waals surface area contributed by atoms with Gasteiger partial charge < -0.3 is 11.5 Å². The summed E-state index contributed by atoms with van der Waals surface area (Å²) >= 11 is 0. The van der Waals surface area contributed by atoms with Crippen LogP contribution in [0.1, 0.15) is 43.6 Å². The summed E-state index contributed by atoms with van der Waals surface area (Å²) in [6.45, 7) is 0. The van der Waals surface area contributed by atoms with Crippen LogP contribution in [0.4, 0.5) is 11.4 Å². The number of nitrogen functional groups attached to an aromatic ring is 2. The number of hydrogen-bond acceptors (Lipinski definition) is 2. The molecule has 26 heavy (non-hydrogen) atoms. The summed E-state index contributed by atoms with van der Waals surface area (Å²) in [7, 11) is 0. The molecule has 2 heteroatoms. The molecule has 134 valence electrons. The number of nitrogens with two attached hydrogens (primary N) is 2. The van der Waals surface area contributed by atoms with E-state index in [2.05, 4.69) is 24.3 Å². The number of benzene rings is 3. The van der Waals surface area contributed by atoms with Gasteiger partial charge in [-0.05, 0) is 48.1 Å². The van der Waals surface area contributed by atoms with Crippen LogP contribution in [-0.4, -0.2) is 0 Å². The van der Waals surface area contributed by atoms with Crippen LogP contribution in [0.25, 0.3) is 11.1 Å². The zero-order valence-electron chi connectivity index (χ0n) is 15.3. The summed E-state index contributed by atoms with van der Waals surface area (Å²) in [6, 6.07) is 26.5. The number of rotatable bonds is 2. The van der Waals surface area contributed by atoms with E-state index in [0.717, 1.165) is 22.9 Å². The van der Waals surface area contributed by atoms with Crippen molar-refractivity contribution in [3.8, 4) is 11.1 Å². The molecule has 4 N–H and O–H groups in total. The van der Waals surface area contributed by atoms with E-state index < -0.39 is 0 Å². The Bertz CT molecular complexity index is 788. The molecule has 0 atom stereocenters. The van der Waals surface area contributed by atoms with E-state index in [0.29, 0.717) is 0 Å². The molecule has 0 bridgehead atoms. The monoisotopic (exact) mass is 344 g/mol. The lowest BCUT2D eigenvalue weighted by Crippen LogP contribution is -2.04. The number of anilines is 2. The standard InChI is InChI=1S/C12H11N.C12H17N/c13-12-9-5-4-8-11(12)10-6-2-1-3-7-10;13-12-8-6-11(7-9-12)10-4-2-1-3-5-10/h1-9H,13H2;6-10H,1-5,13H2. The minimum Gasteiger partial charge on any atom is -0.399 e. The fraction of sp³-hybridized carbons (Fsp3) is 0.250. The second-order valence-electron chi connectivity index (χ2n) is 6.95. The largest absolute Gasteiger partial charge is 0.399 e. The molecule has 0 spiro atoms. The van der Waals surface area contributed by atoms with E-state index in [4.69, 9.17) is 11.5 Å². The Kier molecular flexibility index (Phi) is 6.32. The predicted molar refractivity (Wildman–Crippen MR) is 113 cm³/mol. The smallest absolute Gasteiger partial charge is 0.0393 e. The molecule has 1 aliphatic rings. The van der Waals surface area contributed by atoms with Crippen LogP contribution in [0.15, 0.2) is 78.9 Å². The number of para-hydroxylation sites is 1. The second kappa shape index (κ2) is 9.10. The van der Waals surface area contributed by atoms with E-state index in [1.54, 1.807) is 0 Å². The fourth-order valence-corrected chi connectivity index (χ4v) is 3.58. The Morgan fingerprint density at radius 1 is 0.615 bits per heavy atom. The highest BCUT2D eigenvalue weighted by molar-refractivity contribution is 5.75. The highest BCUT2D eigenvalue weighted by Gasteiger charge is 2.14. The maximum absolute atomic E-state index is 5.85. The minimum absolute atomic E-state index is 0.800. The Labute approximate surface area is 156 Å². The van der Waals surface area contributed by atoms with Crippen LogP contribution in [0.2, 0.25) is 0 Å². The fourth-order valence-electron chi connectivity index (χ4n) is 3.58. The van der Waals surface area contributed by atoms with Crippen molar-refractivity contribution < 1.29 is 0 Å². The molecular weight excluding hydrogens is 316 g/mol. The molecule has 1 saturated carbocycles. The Morgan fingerprint density at radius 3 is 1.88 bits per heavy atom. The van der Waals surface area contributed by atoms with Gasteiger partial charge in [0.1, 0.15) is 0 Å². The Hall–Kier alpha value is -2.74. The second-order valence-corrected chi connectivity index (χ2v) is 6.95. The Morgan fingerprint density at radius 2 is 1.23 bits per heavy atom. The molecule has 1 aliphatic carbocycles. The molecule has 0 aromatic heterocycles. The molecule has 0 radical (unpaired) electrons. The topological polar surface area (TPSA) is 52.0 Å². The average Bonchev–Trinajstić information content (AvgIpc) is 2.71. The van der Waals surface area contributed by atoms with Crippen LogP contribution in [0.3, 0.4) is 0 Å². The van der Waals surface area contributed by atoms with Gasteiger partial charge in [-0.15, -0.1) is 0 Å². The van der Waals surface area contributed by atoms with Gasteiger partial charge in [0.2, 0.25) is 0 Å². The summed E-state index contributed by atoms with van der Waals surface area (Å²) in [5, 5.41) is 0. The quantitative estimate of drug-likeness (QED) is 0.540. The summed E-state index contributed by atoms with van der Waals surface area (Å²) in [5.74, 6) is 0.800. The van der Waals surface area contributed by atoms with Gasteiger partial charge in [-0.2, -0.15) is 0 Å². The maximum Gasteiger partial charge on any atom is 0.0393 e. The lowest BCUT2D eigenvalue weighted by atomic mass is 9.84. The normalized spacial score (nSPS) is 14.3. The zero-order chi connectivity index (χ0) is 18.2. The van der Waals surface area contributed by atoms with E-state index >= 15 is 0 Å². The third kappa shape index (κ3) is 4.89. The SMILES string of the molecule is Nc1ccc(C2CCCCC2)cc1.Nc1ccccc1-c1ccccc1. The molecule has 4 rings (SSSR count). The predicted octanol–water partition coefficient (Wildman–Crippen LogP) is 6.25. The van der Waals surface area contributed by atoms with E-state index in [9.17, 15) is 0 Å². The third-order valence-corrected chi connectivity index (χ3v) is 5.06. The van der Waals surface area contributed by atoms with E-state index in [1.165, 1.54) is 43.2 Å². The van der Waals surface area contributed by atoms with E-state index in [-0.39, 0.29) is 0 Å². The summed E-state index contributed by atoms with van der Waals surface area (Å²) in [4.78, 5) is 0. The lowest BCUT2D eigenvalue weighted by Gasteiger charge is -2.21. The molecule has 2 nitrogen and oxygen atoms in total. The lowest BCUT2D eigenvalue weighted by molar-refractivity contribution is 0.443. The first-order valence-corrected chi connectivity index (χ1v) is 9.49. The van der Waals surface area contributed by atoms with Gasteiger partial charge in [0.25, 0.3) is 0 Å². The van der Waals surface area contributed by atoms with Crippen molar-refractivity contribution in [2.45, 2.75) is 38.0 Å². The molecule has 3 aromatic rings. The van der Waals surface area contributed by atoms with Crippen molar-refractivity contribution in [3.05, 3.63) is 84.4 Å². The number of hydrogen-bond donors (Lipinski definition) is 2. The first-order chi connectivity index (χ1) is 12.7. The molecule has 0 amide bonds. The van der Waals surface area contributed by atoms with Crippen LogP contribution in [0, 0.1) is 0 Å². The minimum atomic E-state index is 0.800. The first kappa shape index (κ1) is 18.1. The van der Waals surface area contributed by atoms with Gasteiger partial charge in [0.15, 0.2) is 0 Å². The maximum atomic E-state index is 5.85. The highest BCUT2D eigenvalue weighted by Crippen LogP contribution is 2.32. The molecule has 3 aromatic carbocycles. The van der Waals surface area contributed by atoms with Gasteiger partial charge in [0.05, 0.1) is 0 Å². The van der Waals surface area contributed by atoms with Crippen LogP contribution < -0.4 is 11.5 Å². The van der Waals surface area contributed by atoms with Gasteiger partial charge in [-0.25, -0.2) is 0 Å². The molecule has 0 saturated heterocycles. The van der Waals surface area contributed by atoms with E-state index in [1.807, 2.05) is 54.6 Å². The summed E-state index contributed by atoms with van der Waals surface area (Å²) in [6.07, 6.45) is 6.95. The zero-order valence-corrected chi connectivity index (χ0v) is 15.3. The van der Waals surface area contributed by atoms with Gasteiger partial charge in [0, 0.05) is 16.9 Å². The summed E-state index contributed by atoms with van der Waals surface area (Å²) in [5.41, 5.74) is 17.0. The molecule has 0 heterocycles. The van der Waals surface area contributed by atoms with Gasteiger partial charge in [-0.3, -0.25) is 0 Å². The van der Waals surface area contributed by atoms with Crippen molar-refractivity contribution in [2.75, 3.05) is 11.5 Å². The first-order valence-electron chi connectivity index (χ1n) is 9.49. The summed E-state index contributed by atoms with van der Waals surface area (Å²) < 4.78 is 0. The highest BCUT2D eigenvalue weighted by atomic mass is 14.6. The van der Waals surface area contributed by atoms with Crippen molar-refractivity contribution in [2.24, 2.45) is 0 Å². The third-order valence-electron chi connectivity index (χ3n) is 5.06. The van der Waals surface area contributed by atoms with Crippen molar-refractivity contribution in [1.82, 2.24) is 0 Å². The molecule has 0 aliphatic heterocycles. The molecule has 1 fully saturated rings. The van der Waals surface area contributed by atoms with Crippen LogP contribution in [0.5, 0.6) is 0 Å². The van der Waals surface area contributed by atoms with Crippen molar-refractivity contribution in [3.63, 3.8) is 0 Å². The molecular formula is C24H28N2. The van der Waals surface area contributed by atoms with Gasteiger partial charge >= 0.3 is 0 Å².